The summed E-state index contributed by atoms with van der Waals surface area (Å²) in [4.78, 5) is 23.4. The van der Waals surface area contributed by atoms with E-state index in [1.165, 1.54) is 18.3 Å². The van der Waals surface area contributed by atoms with Crippen molar-refractivity contribution in [1.82, 2.24) is 25.1 Å². The number of rotatable bonds is 7. The molecule has 0 radical (unpaired) electrons. The van der Waals surface area contributed by atoms with Gasteiger partial charge in [-0.3, -0.25) is 19.8 Å². The average molecular weight is 555 g/mol. The summed E-state index contributed by atoms with van der Waals surface area (Å²) in [5.74, 6) is -3.07. The van der Waals surface area contributed by atoms with Crippen LogP contribution in [-0.2, 0) is 16.4 Å². The Morgan fingerprint density at radius 3 is 2.54 bits per heavy atom. The minimum atomic E-state index is -3.52. The van der Waals surface area contributed by atoms with Gasteiger partial charge in [0.1, 0.15) is 0 Å². The summed E-state index contributed by atoms with van der Waals surface area (Å²) in [7, 11) is -3.52. The number of likely N-dealkylation sites (tertiary alicyclic amines) is 1. The Hall–Kier alpha value is -3.77. The molecule has 1 aliphatic rings. The second kappa shape index (κ2) is 10.4. The van der Waals surface area contributed by atoms with Crippen molar-refractivity contribution in [2.24, 2.45) is 0 Å². The number of pyridine rings is 2. The van der Waals surface area contributed by atoms with E-state index in [-0.39, 0.29) is 23.6 Å². The molecule has 12 heteroatoms. The number of halogens is 2. The maximum Gasteiger partial charge on any atom is 0.276 e. The number of sulfone groups is 1. The van der Waals surface area contributed by atoms with Crippen LogP contribution in [0.4, 0.5) is 14.5 Å². The number of nitrogens with zero attached hydrogens (tertiary/aromatic N) is 4. The van der Waals surface area contributed by atoms with Crippen molar-refractivity contribution in [2.75, 3.05) is 18.4 Å². The molecule has 4 heterocycles. The van der Waals surface area contributed by atoms with E-state index in [9.17, 15) is 22.0 Å². The monoisotopic (exact) mass is 554 g/mol. The fourth-order valence-corrected chi connectivity index (χ4v) is 5.39. The zero-order valence-electron chi connectivity index (χ0n) is 21.5. The highest BCUT2D eigenvalue weighted by Crippen LogP contribution is 2.30. The van der Waals surface area contributed by atoms with Crippen LogP contribution in [0.2, 0.25) is 0 Å². The minimum Gasteiger partial charge on any atom is -0.319 e. The van der Waals surface area contributed by atoms with Gasteiger partial charge in [0, 0.05) is 55.8 Å². The van der Waals surface area contributed by atoms with Crippen LogP contribution in [0, 0.1) is 0 Å². The van der Waals surface area contributed by atoms with Crippen molar-refractivity contribution in [3.8, 4) is 11.1 Å². The van der Waals surface area contributed by atoms with Gasteiger partial charge in [-0.2, -0.15) is 5.10 Å². The number of aromatic nitrogens is 4. The molecule has 1 amide bonds. The zero-order valence-corrected chi connectivity index (χ0v) is 22.3. The molecule has 39 heavy (non-hydrogen) atoms. The van der Waals surface area contributed by atoms with Gasteiger partial charge in [0.05, 0.1) is 22.7 Å². The van der Waals surface area contributed by atoms with Crippen molar-refractivity contribution in [3.05, 3.63) is 66.2 Å². The SMILES string of the molecule is CC(C)S(=O)(=O)c1ccc(NC(=O)c2n[nH]c3ccc(-c4cncc(CN5CCC(F)(F)CC5)c4)cc23)cn1. The molecule has 2 N–H and O–H groups in total. The molecule has 0 spiro atoms. The van der Waals surface area contributed by atoms with Crippen molar-refractivity contribution in [1.29, 1.82) is 0 Å². The van der Waals surface area contributed by atoms with Gasteiger partial charge in [0.25, 0.3) is 11.8 Å². The molecule has 0 unspecified atom stereocenters. The minimum absolute atomic E-state index is 0.0561. The van der Waals surface area contributed by atoms with E-state index in [0.29, 0.717) is 36.2 Å². The first-order valence-corrected chi connectivity index (χ1v) is 14.1. The number of hydrogen-bond acceptors (Lipinski definition) is 7. The van der Waals surface area contributed by atoms with E-state index in [4.69, 9.17) is 0 Å². The van der Waals surface area contributed by atoms with E-state index >= 15 is 0 Å². The maximum absolute atomic E-state index is 13.5. The molecule has 1 saturated heterocycles. The lowest BCUT2D eigenvalue weighted by molar-refractivity contribution is -0.0566. The van der Waals surface area contributed by atoms with Crippen LogP contribution in [0.5, 0.6) is 0 Å². The Morgan fingerprint density at radius 1 is 1.08 bits per heavy atom. The molecule has 4 aromatic rings. The summed E-state index contributed by atoms with van der Waals surface area (Å²) >= 11 is 0. The molecule has 9 nitrogen and oxygen atoms in total. The van der Waals surface area contributed by atoms with Gasteiger partial charge in [0.2, 0.25) is 0 Å². The van der Waals surface area contributed by atoms with Crippen LogP contribution in [0.1, 0.15) is 42.7 Å². The number of aromatic amines is 1. The van der Waals surface area contributed by atoms with Crippen molar-refractivity contribution in [3.63, 3.8) is 0 Å². The molecule has 1 aromatic carbocycles. The average Bonchev–Trinajstić information content (AvgIpc) is 3.34. The topological polar surface area (TPSA) is 121 Å². The third-order valence-corrected chi connectivity index (χ3v) is 8.87. The third kappa shape index (κ3) is 5.81. The molecule has 0 atom stereocenters. The fraction of sp³-hybridized carbons (Fsp3) is 0.333. The number of piperidine rings is 1. The molecular weight excluding hydrogens is 526 g/mol. The molecule has 5 rings (SSSR count). The molecule has 0 aliphatic carbocycles. The van der Waals surface area contributed by atoms with Crippen LogP contribution in [0.15, 0.2) is 60.0 Å². The van der Waals surface area contributed by atoms with Gasteiger partial charge in [-0.25, -0.2) is 22.2 Å². The first-order valence-electron chi connectivity index (χ1n) is 12.6. The first kappa shape index (κ1) is 26.8. The molecule has 204 valence electrons. The van der Waals surface area contributed by atoms with Gasteiger partial charge in [0.15, 0.2) is 20.6 Å². The van der Waals surface area contributed by atoms with Gasteiger partial charge < -0.3 is 5.32 Å². The van der Waals surface area contributed by atoms with E-state index < -0.39 is 26.9 Å². The Bertz CT molecular complexity index is 1610. The number of carbonyl (C=O) groups is 1. The number of amides is 1. The highest BCUT2D eigenvalue weighted by Gasteiger charge is 2.33. The van der Waals surface area contributed by atoms with Crippen LogP contribution < -0.4 is 5.32 Å². The smallest absolute Gasteiger partial charge is 0.276 e. The molecular formula is C27H28F2N6O3S. The maximum atomic E-state index is 13.5. The van der Waals surface area contributed by atoms with Crippen molar-refractivity contribution in [2.45, 2.75) is 49.4 Å². The van der Waals surface area contributed by atoms with E-state index in [0.717, 1.165) is 16.7 Å². The quantitative estimate of drug-likeness (QED) is 0.340. The predicted molar refractivity (Wildman–Crippen MR) is 143 cm³/mol. The van der Waals surface area contributed by atoms with Crippen LogP contribution in [0.3, 0.4) is 0 Å². The Kier molecular flexibility index (Phi) is 7.17. The summed E-state index contributed by atoms with van der Waals surface area (Å²) in [6.07, 6.45) is 4.47. The fourth-order valence-electron chi connectivity index (χ4n) is 4.45. The second-order valence-corrected chi connectivity index (χ2v) is 12.4. The highest BCUT2D eigenvalue weighted by atomic mass is 32.2. The number of alkyl halides is 2. The molecule has 1 fully saturated rings. The molecule has 3 aromatic heterocycles. The normalized spacial score (nSPS) is 16.0. The van der Waals surface area contributed by atoms with E-state index in [1.54, 1.807) is 26.2 Å². The number of benzene rings is 1. The predicted octanol–water partition coefficient (Wildman–Crippen LogP) is 4.69. The Balaban J connectivity index is 1.34. The summed E-state index contributed by atoms with van der Waals surface area (Å²) in [5, 5.41) is 9.68. The molecule has 0 bridgehead atoms. The highest BCUT2D eigenvalue weighted by molar-refractivity contribution is 7.91. The number of hydrogen-bond donors (Lipinski definition) is 2. The van der Waals surface area contributed by atoms with Gasteiger partial charge in [-0.1, -0.05) is 6.07 Å². The largest absolute Gasteiger partial charge is 0.319 e. The van der Waals surface area contributed by atoms with Crippen LogP contribution in [0.25, 0.3) is 22.0 Å². The van der Waals surface area contributed by atoms with Gasteiger partial charge in [-0.15, -0.1) is 0 Å². The number of fused-ring (bicyclic) bond motifs is 1. The number of anilines is 1. The third-order valence-electron chi connectivity index (χ3n) is 6.81. The second-order valence-electron chi connectivity index (χ2n) is 9.98. The van der Waals surface area contributed by atoms with Gasteiger partial charge in [-0.05, 0) is 55.3 Å². The van der Waals surface area contributed by atoms with Crippen LogP contribution >= 0.6 is 0 Å². The lowest BCUT2D eigenvalue weighted by Crippen LogP contribution is -2.38. The molecule has 0 saturated carbocycles. The van der Waals surface area contributed by atoms with Gasteiger partial charge >= 0.3 is 0 Å². The Morgan fingerprint density at radius 2 is 1.85 bits per heavy atom. The van der Waals surface area contributed by atoms with Crippen molar-refractivity contribution >= 4 is 32.3 Å². The van der Waals surface area contributed by atoms with Crippen LogP contribution in [-0.4, -0.2) is 63.7 Å². The summed E-state index contributed by atoms with van der Waals surface area (Å²) in [5.41, 5.74) is 3.74. The summed E-state index contributed by atoms with van der Waals surface area (Å²) < 4.78 is 51.6. The Labute approximate surface area is 224 Å². The lowest BCUT2D eigenvalue weighted by atomic mass is 10.0. The lowest BCUT2D eigenvalue weighted by Gasteiger charge is -2.31. The zero-order chi connectivity index (χ0) is 27.8. The van der Waals surface area contributed by atoms with Crippen molar-refractivity contribution < 1.29 is 22.0 Å². The number of H-pyrrole nitrogens is 1. The first-order chi connectivity index (χ1) is 18.5. The van der Waals surface area contributed by atoms with E-state index in [2.05, 4.69) is 25.5 Å². The summed E-state index contributed by atoms with van der Waals surface area (Å²) in [6.45, 7) is 4.36. The summed E-state index contributed by atoms with van der Waals surface area (Å²) in [6, 6.07) is 10.4. The van der Waals surface area contributed by atoms with E-state index in [1.807, 2.05) is 29.2 Å². The number of nitrogens with one attached hydrogen (secondary N) is 2. The molecule has 1 aliphatic heterocycles. The standard InChI is InChI=1S/C27H28F2N6O3S/c1-17(2)39(37,38)24-6-4-21(15-31-24)32-26(36)25-22-12-19(3-5-23(22)33-34-25)20-11-18(13-30-14-20)16-35-9-7-27(28,29)8-10-35/h3-6,11-15,17H,7-10,16H2,1-2H3,(H,32,36)(H,33,34). The number of carbonyl (C=O) groups excluding carboxylic acids is 1.